The van der Waals surface area contributed by atoms with Crippen LogP contribution < -0.4 is 10.8 Å². The fourth-order valence-corrected chi connectivity index (χ4v) is 4.62. The smallest absolute Gasteiger partial charge is 0.339 e. The monoisotopic (exact) mass is 266 g/mol. The second-order valence-corrected chi connectivity index (χ2v) is 6.50. The number of nitrogens with one attached hydrogen (secondary N) is 2. The molecule has 4 fully saturated rings. The van der Waals surface area contributed by atoms with Gasteiger partial charge in [0.25, 0.3) is 0 Å². The molecule has 6 atom stereocenters. The van der Waals surface area contributed by atoms with Gasteiger partial charge >= 0.3 is 6.03 Å². The first kappa shape index (κ1) is 12.0. The molecular weight excluding hydrogens is 244 g/mol. The lowest BCUT2D eigenvalue weighted by molar-refractivity contribution is -0.186. The number of carbonyl (C=O) groups excluding carboxylic acids is 1. The quantitative estimate of drug-likeness (QED) is 0.766. The summed E-state index contributed by atoms with van der Waals surface area (Å²) in [6.45, 7) is 0.726. The molecule has 2 N–H and O–H groups in total. The first-order valence-corrected chi connectivity index (χ1v) is 7.66. The fraction of sp³-hybridized carbons (Fsp3) is 0.929. The molecule has 5 heteroatoms. The highest BCUT2D eigenvalue weighted by Gasteiger charge is 2.65. The standard InChI is InChI=1S/C14H22N2O3/c17-14(16-19-10-3-1-2-6-18-10)15-13-11-8-4-5-9(7-8)12(11)13/h8-13H,1-7H2,(H2,15,16,17)/t8-,9-,10+,11-,12+,13?/m0/s1. The third-order valence-electron chi connectivity index (χ3n) is 5.45. The molecule has 3 saturated carbocycles. The van der Waals surface area contributed by atoms with Crippen LogP contribution in [0.25, 0.3) is 0 Å². The van der Waals surface area contributed by atoms with E-state index in [1.807, 2.05) is 0 Å². The minimum atomic E-state index is -0.269. The zero-order valence-corrected chi connectivity index (χ0v) is 11.1. The largest absolute Gasteiger partial charge is 0.350 e. The Labute approximate surface area is 113 Å². The molecule has 0 aromatic heterocycles. The second-order valence-electron chi connectivity index (χ2n) is 6.50. The van der Waals surface area contributed by atoms with E-state index in [-0.39, 0.29) is 12.3 Å². The van der Waals surface area contributed by atoms with Gasteiger partial charge in [0.1, 0.15) is 0 Å². The second kappa shape index (κ2) is 4.63. The van der Waals surface area contributed by atoms with Gasteiger partial charge in [-0.05, 0) is 55.8 Å². The number of rotatable bonds is 3. The SMILES string of the molecule is O=C(NO[C@@H]1CCCCO1)NC1[C@@H]2[C@H]3CC[C@@H](C3)[C@H]12. The zero-order valence-electron chi connectivity index (χ0n) is 11.1. The van der Waals surface area contributed by atoms with Gasteiger partial charge in [-0.2, -0.15) is 0 Å². The molecule has 1 saturated heterocycles. The predicted octanol–water partition coefficient (Wildman–Crippen LogP) is 1.79. The number of ether oxygens (including phenoxy) is 1. The molecule has 0 aromatic rings. The van der Waals surface area contributed by atoms with Crippen LogP contribution in [-0.2, 0) is 9.57 Å². The van der Waals surface area contributed by atoms with Crippen LogP contribution in [0.2, 0.25) is 0 Å². The van der Waals surface area contributed by atoms with E-state index in [2.05, 4.69) is 10.8 Å². The molecule has 2 amide bonds. The van der Waals surface area contributed by atoms with Gasteiger partial charge in [-0.3, -0.25) is 0 Å². The molecule has 2 bridgehead atoms. The van der Waals surface area contributed by atoms with Crippen molar-refractivity contribution < 1.29 is 14.4 Å². The molecular formula is C14H22N2O3. The average Bonchev–Trinajstić information content (AvgIpc) is 2.85. The molecule has 5 nitrogen and oxygen atoms in total. The van der Waals surface area contributed by atoms with Crippen LogP contribution in [0.3, 0.4) is 0 Å². The summed E-state index contributed by atoms with van der Waals surface area (Å²) in [7, 11) is 0. The number of hydroxylamine groups is 1. The summed E-state index contributed by atoms with van der Waals surface area (Å²) >= 11 is 0. The van der Waals surface area contributed by atoms with Gasteiger partial charge in [-0.25, -0.2) is 15.1 Å². The highest BCUT2D eigenvalue weighted by atomic mass is 16.8. The minimum Gasteiger partial charge on any atom is -0.350 e. The predicted molar refractivity (Wildman–Crippen MR) is 67.9 cm³/mol. The Morgan fingerprint density at radius 1 is 1.11 bits per heavy atom. The van der Waals surface area contributed by atoms with E-state index in [0.29, 0.717) is 6.04 Å². The van der Waals surface area contributed by atoms with Crippen LogP contribution in [0.4, 0.5) is 4.79 Å². The van der Waals surface area contributed by atoms with E-state index in [1.54, 1.807) is 0 Å². The van der Waals surface area contributed by atoms with E-state index in [4.69, 9.17) is 9.57 Å². The molecule has 0 aromatic carbocycles. The molecule has 3 aliphatic carbocycles. The molecule has 4 rings (SSSR count). The van der Waals surface area contributed by atoms with Gasteiger partial charge in [0.05, 0.1) is 0 Å². The van der Waals surface area contributed by atoms with Gasteiger partial charge in [0.2, 0.25) is 0 Å². The van der Waals surface area contributed by atoms with Gasteiger partial charge in [0, 0.05) is 19.1 Å². The first-order valence-electron chi connectivity index (χ1n) is 7.66. The van der Waals surface area contributed by atoms with Gasteiger partial charge in [-0.1, -0.05) is 0 Å². The maximum absolute atomic E-state index is 11.8. The Morgan fingerprint density at radius 3 is 2.58 bits per heavy atom. The number of hydrogen-bond donors (Lipinski definition) is 2. The van der Waals surface area contributed by atoms with Crippen LogP contribution >= 0.6 is 0 Å². The molecule has 0 spiro atoms. The van der Waals surface area contributed by atoms with Crippen molar-refractivity contribution in [3.05, 3.63) is 0 Å². The molecule has 106 valence electrons. The molecule has 1 unspecified atom stereocenters. The van der Waals surface area contributed by atoms with E-state index in [1.165, 1.54) is 19.3 Å². The Bertz CT molecular complexity index is 354. The zero-order chi connectivity index (χ0) is 12.8. The Kier molecular flexibility index (Phi) is 2.92. The van der Waals surface area contributed by atoms with Gasteiger partial charge < -0.3 is 10.1 Å². The van der Waals surface area contributed by atoms with E-state index in [0.717, 1.165) is 49.5 Å². The van der Waals surface area contributed by atoms with Crippen molar-refractivity contribution in [2.45, 2.75) is 50.9 Å². The summed E-state index contributed by atoms with van der Waals surface area (Å²) in [4.78, 5) is 17.1. The van der Waals surface area contributed by atoms with E-state index in [9.17, 15) is 4.79 Å². The third kappa shape index (κ3) is 2.13. The lowest BCUT2D eigenvalue weighted by Gasteiger charge is -2.22. The molecule has 1 aliphatic heterocycles. The maximum atomic E-state index is 11.8. The Morgan fingerprint density at radius 2 is 1.89 bits per heavy atom. The topological polar surface area (TPSA) is 59.6 Å². The molecule has 4 aliphatic rings. The first-order chi connectivity index (χ1) is 9.33. The average molecular weight is 266 g/mol. The summed E-state index contributed by atoms with van der Waals surface area (Å²) in [6, 6.07) is 0.204. The molecule has 19 heavy (non-hydrogen) atoms. The number of amides is 2. The Hall–Kier alpha value is -0.810. The van der Waals surface area contributed by atoms with Crippen molar-refractivity contribution in [3.63, 3.8) is 0 Å². The van der Waals surface area contributed by atoms with Crippen molar-refractivity contribution in [2.24, 2.45) is 23.7 Å². The van der Waals surface area contributed by atoms with Crippen molar-refractivity contribution >= 4 is 6.03 Å². The van der Waals surface area contributed by atoms with Crippen LogP contribution in [0, 0.1) is 23.7 Å². The van der Waals surface area contributed by atoms with Crippen molar-refractivity contribution in [1.29, 1.82) is 0 Å². The van der Waals surface area contributed by atoms with E-state index < -0.39 is 0 Å². The highest BCUT2D eigenvalue weighted by Crippen LogP contribution is 2.65. The molecule has 0 radical (unpaired) electrons. The van der Waals surface area contributed by atoms with Crippen LogP contribution in [-0.4, -0.2) is 25.0 Å². The highest BCUT2D eigenvalue weighted by molar-refractivity contribution is 5.73. The lowest BCUT2D eigenvalue weighted by Crippen LogP contribution is -2.41. The summed E-state index contributed by atoms with van der Waals surface area (Å²) < 4.78 is 5.40. The van der Waals surface area contributed by atoms with Crippen molar-refractivity contribution in [3.8, 4) is 0 Å². The molecule has 1 heterocycles. The van der Waals surface area contributed by atoms with Crippen molar-refractivity contribution in [2.75, 3.05) is 6.61 Å². The number of urea groups is 1. The minimum absolute atomic E-state index is 0.201. The van der Waals surface area contributed by atoms with Gasteiger partial charge in [0.15, 0.2) is 6.29 Å². The summed E-state index contributed by atoms with van der Waals surface area (Å²) in [5.74, 6) is 3.27. The third-order valence-corrected chi connectivity index (χ3v) is 5.45. The summed E-state index contributed by atoms with van der Waals surface area (Å²) in [5, 5.41) is 3.07. The fourth-order valence-electron chi connectivity index (χ4n) is 4.62. The van der Waals surface area contributed by atoms with E-state index >= 15 is 0 Å². The maximum Gasteiger partial charge on any atom is 0.339 e. The Balaban J connectivity index is 1.21. The number of fused-ring (bicyclic) bond motifs is 5. The summed E-state index contributed by atoms with van der Waals surface area (Å²) in [5.41, 5.74) is 2.49. The van der Waals surface area contributed by atoms with Crippen LogP contribution in [0.5, 0.6) is 0 Å². The summed E-state index contributed by atoms with van der Waals surface area (Å²) in [6.07, 6.45) is 6.93. The van der Waals surface area contributed by atoms with Gasteiger partial charge in [-0.15, -0.1) is 0 Å². The number of hydrogen-bond acceptors (Lipinski definition) is 3. The van der Waals surface area contributed by atoms with Crippen molar-refractivity contribution in [1.82, 2.24) is 10.8 Å². The lowest BCUT2D eigenvalue weighted by atomic mass is 10.0. The van der Waals surface area contributed by atoms with Crippen LogP contribution in [0.15, 0.2) is 0 Å². The number of carbonyl (C=O) groups is 1. The normalized spacial score (nSPS) is 46.7. The van der Waals surface area contributed by atoms with Crippen LogP contribution in [0.1, 0.15) is 38.5 Å².